The zero-order valence-corrected chi connectivity index (χ0v) is 21.4. The molecule has 2 aromatic heterocycles. The number of aromatic amines is 1. The number of benzene rings is 2. The molecule has 4 aromatic rings. The average Bonchev–Trinajstić information content (AvgIpc) is 3.43. The van der Waals surface area contributed by atoms with Crippen LogP contribution < -0.4 is 0 Å². The van der Waals surface area contributed by atoms with Crippen LogP contribution in [0.4, 0.5) is 0 Å². The first-order valence-electron chi connectivity index (χ1n) is 11.0. The molecule has 0 radical (unpaired) electrons. The van der Waals surface area contributed by atoms with Gasteiger partial charge in [0.1, 0.15) is 4.91 Å². The SMILES string of the molecule is CCOC(=O)c1ccc(-n2c(C)cc(/C=C(\Sc3n[nH]c(-c4ccc(Cl)cc4)n3)C(=O)O)c2C)cc1. The Balaban J connectivity index is 1.60. The normalized spacial score (nSPS) is 11.5. The monoisotopic (exact) mass is 522 g/mol. The Morgan fingerprint density at radius 2 is 1.83 bits per heavy atom. The molecule has 0 aliphatic rings. The van der Waals surface area contributed by atoms with Crippen LogP contribution in [0.15, 0.2) is 64.7 Å². The van der Waals surface area contributed by atoms with E-state index < -0.39 is 5.97 Å². The summed E-state index contributed by atoms with van der Waals surface area (Å²) in [7, 11) is 0. The molecule has 2 heterocycles. The summed E-state index contributed by atoms with van der Waals surface area (Å²) in [6, 6.07) is 16.1. The fourth-order valence-electron chi connectivity index (χ4n) is 3.70. The van der Waals surface area contributed by atoms with Crippen LogP contribution in [0.3, 0.4) is 0 Å². The Hall–Kier alpha value is -3.82. The van der Waals surface area contributed by atoms with Crippen molar-refractivity contribution in [2.24, 2.45) is 0 Å². The Kier molecular flexibility index (Phi) is 7.61. The summed E-state index contributed by atoms with van der Waals surface area (Å²) in [5.41, 5.74) is 4.63. The van der Waals surface area contributed by atoms with Crippen LogP contribution in [0.1, 0.15) is 34.2 Å². The molecule has 4 rings (SSSR count). The predicted molar refractivity (Wildman–Crippen MR) is 139 cm³/mol. The van der Waals surface area contributed by atoms with Crippen LogP contribution in [0.25, 0.3) is 23.2 Å². The van der Waals surface area contributed by atoms with Crippen molar-refractivity contribution in [3.63, 3.8) is 0 Å². The molecule has 0 aliphatic heterocycles. The number of carbonyl (C=O) groups is 2. The van der Waals surface area contributed by atoms with Crippen molar-refractivity contribution in [1.29, 1.82) is 0 Å². The van der Waals surface area contributed by atoms with E-state index in [4.69, 9.17) is 16.3 Å². The van der Waals surface area contributed by atoms with E-state index in [0.717, 1.165) is 40.0 Å². The molecule has 10 heteroatoms. The van der Waals surface area contributed by atoms with Crippen LogP contribution in [-0.2, 0) is 9.53 Å². The lowest BCUT2D eigenvalue weighted by Crippen LogP contribution is -2.05. The summed E-state index contributed by atoms with van der Waals surface area (Å²) in [5.74, 6) is -0.937. The van der Waals surface area contributed by atoms with Crippen LogP contribution >= 0.6 is 23.4 Å². The molecule has 0 atom stereocenters. The molecule has 0 bridgehead atoms. The van der Waals surface area contributed by atoms with Crippen molar-refractivity contribution >= 4 is 41.4 Å². The maximum Gasteiger partial charge on any atom is 0.342 e. The lowest BCUT2D eigenvalue weighted by atomic mass is 10.2. The zero-order chi connectivity index (χ0) is 25.8. The number of carboxylic acids is 1. The van der Waals surface area contributed by atoms with Gasteiger partial charge in [-0.2, -0.15) is 0 Å². The van der Waals surface area contributed by atoms with Gasteiger partial charge in [-0.25, -0.2) is 14.6 Å². The second-order valence-corrected chi connectivity index (χ2v) is 9.26. The van der Waals surface area contributed by atoms with E-state index in [0.29, 0.717) is 23.0 Å². The molecule has 36 heavy (non-hydrogen) atoms. The zero-order valence-electron chi connectivity index (χ0n) is 19.8. The molecule has 184 valence electrons. The van der Waals surface area contributed by atoms with E-state index in [2.05, 4.69) is 15.2 Å². The van der Waals surface area contributed by atoms with Crippen molar-refractivity contribution in [2.45, 2.75) is 25.9 Å². The number of nitrogens with zero attached hydrogens (tertiary/aromatic N) is 3. The number of nitrogens with one attached hydrogen (secondary N) is 1. The molecular formula is C26H23ClN4O4S. The molecule has 0 saturated carbocycles. The van der Waals surface area contributed by atoms with Gasteiger partial charge in [0.05, 0.1) is 12.2 Å². The number of aromatic nitrogens is 4. The second-order valence-electron chi connectivity index (χ2n) is 7.82. The number of rotatable bonds is 8. The first-order valence-corrected chi connectivity index (χ1v) is 12.2. The summed E-state index contributed by atoms with van der Waals surface area (Å²) in [6.45, 7) is 5.92. The highest BCUT2D eigenvalue weighted by Crippen LogP contribution is 2.30. The highest BCUT2D eigenvalue weighted by Gasteiger charge is 2.17. The van der Waals surface area contributed by atoms with Gasteiger partial charge in [-0.05, 0) is 98.8 Å². The Morgan fingerprint density at radius 1 is 1.14 bits per heavy atom. The summed E-state index contributed by atoms with van der Waals surface area (Å²) in [5, 5.41) is 17.7. The molecule has 0 spiro atoms. The third kappa shape index (κ3) is 5.53. The number of carbonyl (C=O) groups excluding carboxylic acids is 1. The number of hydrogen-bond donors (Lipinski definition) is 2. The molecule has 0 amide bonds. The van der Waals surface area contributed by atoms with Gasteiger partial charge < -0.3 is 14.4 Å². The molecule has 8 nitrogen and oxygen atoms in total. The summed E-state index contributed by atoms with van der Waals surface area (Å²) in [6.07, 6.45) is 1.61. The third-order valence-electron chi connectivity index (χ3n) is 5.39. The number of thioether (sulfide) groups is 1. The molecule has 2 N–H and O–H groups in total. The van der Waals surface area contributed by atoms with Crippen LogP contribution in [-0.4, -0.2) is 43.4 Å². The fourth-order valence-corrected chi connectivity index (χ4v) is 4.52. The van der Waals surface area contributed by atoms with Gasteiger partial charge in [0.25, 0.3) is 0 Å². The Labute approximate surface area is 217 Å². The number of esters is 1. The average molecular weight is 523 g/mol. The lowest BCUT2D eigenvalue weighted by Gasteiger charge is -2.10. The predicted octanol–water partition coefficient (Wildman–Crippen LogP) is 5.93. The van der Waals surface area contributed by atoms with Crippen molar-refractivity contribution in [3.8, 4) is 17.1 Å². The van der Waals surface area contributed by atoms with Gasteiger partial charge in [0.2, 0.25) is 5.16 Å². The van der Waals surface area contributed by atoms with Gasteiger partial charge in [0.15, 0.2) is 5.82 Å². The number of carboxylic acid groups (broad SMARTS) is 1. The number of aryl methyl sites for hydroxylation is 1. The number of aliphatic carboxylic acids is 1. The fraction of sp³-hybridized carbons (Fsp3) is 0.154. The quantitative estimate of drug-likeness (QED) is 0.168. The molecule has 0 fully saturated rings. The molecule has 2 aromatic carbocycles. The van der Waals surface area contributed by atoms with Crippen LogP contribution in [0.5, 0.6) is 0 Å². The standard InChI is InChI=1S/C26H23ClN4O4S/c1-4-35-25(34)18-7-11-21(12-8-18)31-15(2)13-19(16(31)3)14-22(24(32)33)36-26-28-23(29-30-26)17-5-9-20(27)10-6-17/h5-14H,4H2,1-3H3,(H,32,33)(H,28,29,30)/b22-14-. The lowest BCUT2D eigenvalue weighted by molar-refractivity contribution is -0.131. The van der Waals surface area contributed by atoms with Crippen molar-refractivity contribution in [3.05, 3.63) is 87.0 Å². The number of hydrogen-bond acceptors (Lipinski definition) is 6. The van der Waals surface area contributed by atoms with E-state index in [1.807, 2.05) is 36.6 Å². The van der Waals surface area contributed by atoms with Crippen LogP contribution in [0.2, 0.25) is 5.02 Å². The van der Waals surface area contributed by atoms with Crippen molar-refractivity contribution in [1.82, 2.24) is 19.7 Å². The van der Waals surface area contributed by atoms with E-state index in [-0.39, 0.29) is 16.0 Å². The van der Waals surface area contributed by atoms with Gasteiger partial charge in [-0.3, -0.25) is 5.10 Å². The van der Waals surface area contributed by atoms with Crippen molar-refractivity contribution < 1.29 is 19.4 Å². The first-order chi connectivity index (χ1) is 17.3. The third-order valence-corrected chi connectivity index (χ3v) is 6.52. The van der Waals surface area contributed by atoms with E-state index in [9.17, 15) is 14.7 Å². The maximum atomic E-state index is 12.0. The first kappa shape index (κ1) is 25.3. The smallest absolute Gasteiger partial charge is 0.342 e. The van der Waals surface area contributed by atoms with Gasteiger partial charge in [-0.1, -0.05) is 11.6 Å². The number of ether oxygens (including phenoxy) is 1. The van der Waals surface area contributed by atoms with Gasteiger partial charge in [-0.15, -0.1) is 5.10 Å². The topological polar surface area (TPSA) is 110 Å². The minimum atomic E-state index is -1.08. The van der Waals surface area contributed by atoms with Crippen molar-refractivity contribution in [2.75, 3.05) is 6.61 Å². The van der Waals surface area contributed by atoms with E-state index >= 15 is 0 Å². The number of H-pyrrole nitrogens is 1. The minimum absolute atomic E-state index is 0.0783. The van der Waals surface area contributed by atoms with Crippen LogP contribution in [0, 0.1) is 13.8 Å². The van der Waals surface area contributed by atoms with Gasteiger partial charge >= 0.3 is 11.9 Å². The summed E-state index contributed by atoms with van der Waals surface area (Å²) in [4.78, 5) is 28.5. The summed E-state index contributed by atoms with van der Waals surface area (Å²) >= 11 is 6.90. The largest absolute Gasteiger partial charge is 0.477 e. The maximum absolute atomic E-state index is 12.0. The molecule has 0 aliphatic carbocycles. The molecule has 0 unspecified atom stereocenters. The molecule has 0 saturated heterocycles. The summed E-state index contributed by atoms with van der Waals surface area (Å²) < 4.78 is 7.04. The minimum Gasteiger partial charge on any atom is -0.477 e. The van der Waals surface area contributed by atoms with Gasteiger partial charge in [0, 0.05) is 27.7 Å². The highest BCUT2D eigenvalue weighted by atomic mass is 35.5. The second kappa shape index (κ2) is 10.8. The van der Waals surface area contributed by atoms with E-state index in [1.165, 1.54) is 0 Å². The van der Waals surface area contributed by atoms with E-state index in [1.54, 1.807) is 49.4 Å². The Morgan fingerprint density at radius 3 is 2.47 bits per heavy atom. The number of halogens is 1. The molecular weight excluding hydrogens is 500 g/mol. The highest BCUT2D eigenvalue weighted by molar-refractivity contribution is 8.04. The Bertz CT molecular complexity index is 1440.